The minimum atomic E-state index is -0.791. The molecule has 1 saturated carbocycles. The molecular weight excluding hydrogens is 523 g/mol. The summed E-state index contributed by atoms with van der Waals surface area (Å²) in [5.41, 5.74) is 10.1. The SMILES string of the molecule is Cl.Cl.N[C@@H](Cc1c[nH]c2ccccc12)C(=O)N[C@@H](Cc1cnc(C2CCC2)[nH]1)C(=O)NCc1ccccc1. The van der Waals surface area contributed by atoms with Gasteiger partial charge in [0.05, 0.1) is 6.04 Å². The number of benzene rings is 2. The smallest absolute Gasteiger partial charge is 0.243 e. The fourth-order valence-electron chi connectivity index (χ4n) is 4.62. The summed E-state index contributed by atoms with van der Waals surface area (Å²) in [6.45, 7) is 0.379. The van der Waals surface area contributed by atoms with E-state index >= 15 is 0 Å². The third kappa shape index (κ3) is 6.95. The van der Waals surface area contributed by atoms with E-state index < -0.39 is 12.1 Å². The molecule has 0 unspecified atom stereocenters. The van der Waals surface area contributed by atoms with Crippen LogP contribution in [0.25, 0.3) is 10.9 Å². The molecule has 1 aliphatic carbocycles. The van der Waals surface area contributed by atoms with Crippen molar-refractivity contribution in [2.45, 2.75) is 56.7 Å². The van der Waals surface area contributed by atoms with Crippen LogP contribution in [0.5, 0.6) is 0 Å². The zero-order valence-corrected chi connectivity index (χ0v) is 22.6. The third-order valence-corrected chi connectivity index (χ3v) is 6.96. The number of hydrogen-bond acceptors (Lipinski definition) is 4. The number of nitrogens with one attached hydrogen (secondary N) is 4. The van der Waals surface area contributed by atoms with Gasteiger partial charge in [0.15, 0.2) is 0 Å². The lowest BCUT2D eigenvalue weighted by atomic mass is 9.85. The van der Waals surface area contributed by atoms with Gasteiger partial charge in [-0.05, 0) is 36.5 Å². The highest BCUT2D eigenvalue weighted by Crippen LogP contribution is 2.34. The van der Waals surface area contributed by atoms with E-state index in [0.717, 1.165) is 46.4 Å². The standard InChI is InChI=1S/C28H32N6O2.2ClH/c29-23(13-20-16-30-24-12-5-4-11-22(20)24)27(35)34-25(28(36)32-15-18-7-2-1-3-8-18)14-21-17-31-26(33-21)19-9-6-10-19;;/h1-5,7-8,11-12,16-17,19,23,25,30H,6,9-10,13-15,29H2,(H,31,33)(H,32,36)(H,34,35);2*1H/t23-,25-;;/m0../s1. The van der Waals surface area contributed by atoms with Crippen LogP contribution in [0.3, 0.4) is 0 Å². The minimum absolute atomic E-state index is 0. The molecule has 6 N–H and O–H groups in total. The van der Waals surface area contributed by atoms with Gasteiger partial charge in [0.2, 0.25) is 11.8 Å². The molecule has 10 heteroatoms. The first-order chi connectivity index (χ1) is 17.6. The van der Waals surface area contributed by atoms with Crippen LogP contribution in [0.1, 0.15) is 47.8 Å². The molecule has 0 spiro atoms. The molecular formula is C28H34Cl2N6O2. The van der Waals surface area contributed by atoms with Crippen molar-refractivity contribution in [1.29, 1.82) is 0 Å². The van der Waals surface area contributed by atoms with Gasteiger partial charge in [0.1, 0.15) is 11.9 Å². The monoisotopic (exact) mass is 556 g/mol. The maximum absolute atomic E-state index is 13.2. The van der Waals surface area contributed by atoms with E-state index in [1.807, 2.05) is 60.8 Å². The van der Waals surface area contributed by atoms with Crippen LogP contribution >= 0.6 is 24.8 Å². The first-order valence-electron chi connectivity index (χ1n) is 12.5. The maximum atomic E-state index is 13.2. The Balaban J connectivity index is 0.00000200. The molecule has 0 saturated heterocycles. The van der Waals surface area contributed by atoms with Crippen LogP contribution < -0.4 is 16.4 Å². The van der Waals surface area contributed by atoms with Crippen LogP contribution in [0, 0.1) is 0 Å². The van der Waals surface area contributed by atoms with E-state index in [1.165, 1.54) is 6.42 Å². The summed E-state index contributed by atoms with van der Waals surface area (Å²) < 4.78 is 0. The highest BCUT2D eigenvalue weighted by molar-refractivity contribution is 5.91. The summed E-state index contributed by atoms with van der Waals surface area (Å²) in [4.78, 5) is 37.4. The van der Waals surface area contributed by atoms with Crippen LogP contribution in [0.4, 0.5) is 0 Å². The van der Waals surface area contributed by atoms with E-state index in [-0.39, 0.29) is 36.6 Å². The molecule has 2 aromatic carbocycles. The average Bonchev–Trinajstić information content (AvgIpc) is 3.49. The van der Waals surface area contributed by atoms with Crippen molar-refractivity contribution in [3.05, 3.63) is 89.6 Å². The average molecular weight is 558 g/mol. The zero-order chi connectivity index (χ0) is 24.9. The van der Waals surface area contributed by atoms with Gasteiger partial charge in [0.25, 0.3) is 0 Å². The highest BCUT2D eigenvalue weighted by Gasteiger charge is 2.27. The van der Waals surface area contributed by atoms with Crippen molar-refractivity contribution in [1.82, 2.24) is 25.6 Å². The molecule has 1 fully saturated rings. The topological polar surface area (TPSA) is 129 Å². The minimum Gasteiger partial charge on any atom is -0.361 e. The van der Waals surface area contributed by atoms with Crippen molar-refractivity contribution < 1.29 is 9.59 Å². The Morgan fingerprint density at radius 1 is 1.00 bits per heavy atom. The Morgan fingerprint density at radius 2 is 1.74 bits per heavy atom. The fourth-order valence-corrected chi connectivity index (χ4v) is 4.62. The fraction of sp³-hybridized carbons (Fsp3) is 0.321. The molecule has 1 aliphatic rings. The van der Waals surface area contributed by atoms with Crippen molar-refractivity contribution in [2.24, 2.45) is 5.73 Å². The Kier molecular flexibility index (Phi) is 10.4. The van der Waals surface area contributed by atoms with Gasteiger partial charge in [-0.1, -0.05) is 55.0 Å². The van der Waals surface area contributed by atoms with Gasteiger partial charge in [-0.3, -0.25) is 9.59 Å². The van der Waals surface area contributed by atoms with Crippen LogP contribution in [0.15, 0.2) is 67.0 Å². The van der Waals surface area contributed by atoms with Crippen LogP contribution in [-0.2, 0) is 29.0 Å². The number of carbonyl (C=O) groups is 2. The normalized spacial score (nSPS) is 14.4. The number of nitrogens with two attached hydrogens (primary N) is 1. The van der Waals surface area contributed by atoms with Crippen molar-refractivity contribution in [3.8, 4) is 0 Å². The van der Waals surface area contributed by atoms with Gasteiger partial charge in [0, 0.05) is 47.9 Å². The van der Waals surface area contributed by atoms with E-state index in [0.29, 0.717) is 25.3 Å². The highest BCUT2D eigenvalue weighted by atomic mass is 35.5. The Hall–Kier alpha value is -3.33. The molecule has 38 heavy (non-hydrogen) atoms. The summed E-state index contributed by atoms with van der Waals surface area (Å²) in [6.07, 6.45) is 7.81. The number of aromatic amines is 2. The number of para-hydroxylation sites is 1. The van der Waals surface area contributed by atoms with Gasteiger partial charge in [-0.25, -0.2) is 4.98 Å². The molecule has 8 nitrogen and oxygen atoms in total. The number of imidazole rings is 1. The van der Waals surface area contributed by atoms with Crippen molar-refractivity contribution in [2.75, 3.05) is 0 Å². The second-order valence-electron chi connectivity index (χ2n) is 9.56. The van der Waals surface area contributed by atoms with Gasteiger partial charge in [-0.2, -0.15) is 0 Å². The van der Waals surface area contributed by atoms with Gasteiger partial charge < -0.3 is 26.3 Å². The number of hydrogen-bond donors (Lipinski definition) is 5. The maximum Gasteiger partial charge on any atom is 0.243 e. The lowest BCUT2D eigenvalue weighted by molar-refractivity contribution is -0.129. The summed E-state index contributed by atoms with van der Waals surface area (Å²) >= 11 is 0. The zero-order valence-electron chi connectivity index (χ0n) is 21.0. The molecule has 4 aromatic rings. The number of fused-ring (bicyclic) bond motifs is 1. The summed E-state index contributed by atoms with van der Waals surface area (Å²) in [6, 6.07) is 16.0. The molecule has 0 aliphatic heterocycles. The predicted molar refractivity (Wildman–Crippen MR) is 154 cm³/mol. The number of aromatic nitrogens is 3. The van der Waals surface area contributed by atoms with Gasteiger partial charge >= 0.3 is 0 Å². The quantitative estimate of drug-likeness (QED) is 0.203. The van der Waals surface area contributed by atoms with Crippen LogP contribution in [-0.4, -0.2) is 38.8 Å². The number of amides is 2. The lowest BCUT2D eigenvalue weighted by Crippen LogP contribution is -2.53. The number of H-pyrrole nitrogens is 2. The molecule has 2 amide bonds. The molecule has 5 rings (SSSR count). The largest absolute Gasteiger partial charge is 0.361 e. The van der Waals surface area contributed by atoms with E-state index in [1.54, 1.807) is 6.20 Å². The Morgan fingerprint density at radius 3 is 2.47 bits per heavy atom. The van der Waals surface area contributed by atoms with Crippen molar-refractivity contribution in [3.63, 3.8) is 0 Å². The first-order valence-corrected chi connectivity index (χ1v) is 12.5. The van der Waals surface area contributed by atoms with Gasteiger partial charge in [-0.15, -0.1) is 24.8 Å². The third-order valence-electron chi connectivity index (χ3n) is 6.96. The number of rotatable bonds is 10. The summed E-state index contributed by atoms with van der Waals surface area (Å²) in [7, 11) is 0. The summed E-state index contributed by atoms with van der Waals surface area (Å²) in [5.74, 6) is 0.801. The second kappa shape index (κ2) is 13.5. The number of carbonyl (C=O) groups excluding carboxylic acids is 2. The Bertz CT molecular complexity index is 1340. The second-order valence-corrected chi connectivity index (χ2v) is 9.56. The molecule has 0 bridgehead atoms. The summed E-state index contributed by atoms with van der Waals surface area (Å²) in [5, 5.41) is 6.89. The molecule has 0 radical (unpaired) electrons. The lowest BCUT2D eigenvalue weighted by Gasteiger charge is -2.23. The molecule has 2 atom stereocenters. The van der Waals surface area contributed by atoms with Crippen LogP contribution in [0.2, 0.25) is 0 Å². The molecule has 2 aromatic heterocycles. The van der Waals surface area contributed by atoms with E-state index in [9.17, 15) is 9.59 Å². The number of halogens is 2. The van der Waals surface area contributed by atoms with E-state index in [4.69, 9.17) is 5.73 Å². The Labute approximate surface area is 234 Å². The first kappa shape index (κ1) is 29.2. The predicted octanol–water partition coefficient (Wildman–Crippen LogP) is 3.92. The molecule has 202 valence electrons. The number of nitrogens with zero attached hydrogens (tertiary/aromatic N) is 1. The van der Waals surface area contributed by atoms with E-state index in [2.05, 4.69) is 25.6 Å². The molecule has 2 heterocycles. The van der Waals surface area contributed by atoms with Crippen molar-refractivity contribution >= 4 is 47.5 Å².